The number of hydrogen-bond donors (Lipinski definition) is 2. The third-order valence-corrected chi connectivity index (χ3v) is 6.41. The largest absolute Gasteiger partial charge is 0.473 e. The molecule has 2 bridgehead atoms. The molecular formula is C21H27BrN2O4. The van der Waals surface area contributed by atoms with Gasteiger partial charge in [0, 0.05) is 43.7 Å². The molecule has 1 saturated heterocycles. The zero-order valence-corrected chi connectivity index (χ0v) is 17.4. The summed E-state index contributed by atoms with van der Waals surface area (Å²) in [5.41, 5.74) is 1.43. The first-order chi connectivity index (χ1) is 13.4. The van der Waals surface area contributed by atoms with Gasteiger partial charge >= 0.3 is 11.9 Å². The van der Waals surface area contributed by atoms with Crippen LogP contribution in [0, 0.1) is 17.8 Å². The van der Waals surface area contributed by atoms with Gasteiger partial charge in [-0.1, -0.05) is 40.2 Å². The zero-order valence-electron chi connectivity index (χ0n) is 15.8. The molecule has 0 aromatic heterocycles. The van der Waals surface area contributed by atoms with E-state index in [-0.39, 0.29) is 0 Å². The van der Waals surface area contributed by atoms with E-state index < -0.39 is 11.9 Å². The number of nitrogens with zero attached hydrogens (tertiary/aromatic N) is 2. The van der Waals surface area contributed by atoms with Crippen molar-refractivity contribution in [2.24, 2.45) is 17.8 Å². The summed E-state index contributed by atoms with van der Waals surface area (Å²) in [6.45, 7) is 7.34. The van der Waals surface area contributed by atoms with Crippen molar-refractivity contribution in [3.05, 3.63) is 46.5 Å². The molecule has 4 rings (SSSR count). The number of carboxylic acid groups (broad SMARTS) is 2. The predicted molar refractivity (Wildman–Crippen MR) is 110 cm³/mol. The van der Waals surface area contributed by atoms with Gasteiger partial charge in [-0.15, -0.1) is 0 Å². The van der Waals surface area contributed by atoms with E-state index in [0.29, 0.717) is 0 Å². The molecule has 1 aromatic carbocycles. The second-order valence-electron chi connectivity index (χ2n) is 7.85. The van der Waals surface area contributed by atoms with Gasteiger partial charge in [0.2, 0.25) is 0 Å². The molecule has 3 unspecified atom stereocenters. The fraction of sp³-hybridized carbons (Fsp3) is 0.524. The molecule has 28 heavy (non-hydrogen) atoms. The fourth-order valence-electron chi connectivity index (χ4n) is 4.41. The number of allylic oxidation sites excluding steroid dienone is 2. The Kier molecular flexibility index (Phi) is 7.26. The summed E-state index contributed by atoms with van der Waals surface area (Å²) < 4.78 is 1.17. The number of carboxylic acids is 2. The third kappa shape index (κ3) is 5.90. The third-order valence-electron chi connectivity index (χ3n) is 5.88. The predicted octanol–water partition coefficient (Wildman–Crippen LogP) is 2.93. The standard InChI is InChI=1S/C19H25BrN2.C2H2O4/c20-19-5-2-15(3-6-19)13-21-7-9-22(10-8-21)14-18-12-16-1-4-17(18)11-16;3-1(4)2(5)6/h1-6,16-18H,7-14H2;(H,3,4)(H,5,6). The van der Waals surface area contributed by atoms with Crippen LogP contribution < -0.4 is 0 Å². The van der Waals surface area contributed by atoms with Crippen molar-refractivity contribution >= 4 is 27.9 Å². The average molecular weight is 451 g/mol. The van der Waals surface area contributed by atoms with Crippen LogP contribution in [0.1, 0.15) is 18.4 Å². The van der Waals surface area contributed by atoms with Gasteiger partial charge in [-0.3, -0.25) is 4.90 Å². The van der Waals surface area contributed by atoms with Crippen LogP contribution in [0.25, 0.3) is 0 Å². The maximum absolute atomic E-state index is 9.10. The normalized spacial score (nSPS) is 26.7. The summed E-state index contributed by atoms with van der Waals surface area (Å²) in [5, 5.41) is 14.8. The maximum Gasteiger partial charge on any atom is 0.414 e. The van der Waals surface area contributed by atoms with Crippen LogP contribution in [0.15, 0.2) is 40.9 Å². The first-order valence-corrected chi connectivity index (χ1v) is 10.5. The van der Waals surface area contributed by atoms with Crippen LogP contribution in [-0.2, 0) is 16.1 Å². The lowest BCUT2D eigenvalue weighted by molar-refractivity contribution is -0.159. The highest BCUT2D eigenvalue weighted by atomic mass is 79.9. The molecule has 6 nitrogen and oxygen atoms in total. The molecule has 2 fully saturated rings. The monoisotopic (exact) mass is 450 g/mol. The van der Waals surface area contributed by atoms with E-state index in [9.17, 15) is 0 Å². The van der Waals surface area contributed by atoms with Gasteiger partial charge in [0.15, 0.2) is 0 Å². The van der Waals surface area contributed by atoms with Gasteiger partial charge < -0.3 is 15.1 Å². The van der Waals surface area contributed by atoms with E-state index >= 15 is 0 Å². The summed E-state index contributed by atoms with van der Waals surface area (Å²) in [4.78, 5) is 23.5. The van der Waals surface area contributed by atoms with Gasteiger partial charge in [-0.2, -0.15) is 0 Å². The summed E-state index contributed by atoms with van der Waals surface area (Å²) in [5.74, 6) is -0.905. The van der Waals surface area contributed by atoms with Crippen molar-refractivity contribution in [3.8, 4) is 0 Å². The Bertz CT molecular complexity index is 702. The summed E-state index contributed by atoms with van der Waals surface area (Å²) in [6.07, 6.45) is 7.83. The van der Waals surface area contributed by atoms with Crippen LogP contribution in [0.4, 0.5) is 0 Å². The van der Waals surface area contributed by atoms with Gasteiger partial charge in [-0.05, 0) is 48.3 Å². The highest BCUT2D eigenvalue weighted by Crippen LogP contribution is 2.43. The van der Waals surface area contributed by atoms with E-state index in [1.807, 2.05) is 0 Å². The van der Waals surface area contributed by atoms with Gasteiger partial charge in [0.05, 0.1) is 0 Å². The molecular weight excluding hydrogens is 424 g/mol. The number of fused-ring (bicyclic) bond motifs is 2. The summed E-state index contributed by atoms with van der Waals surface area (Å²) >= 11 is 3.51. The summed E-state index contributed by atoms with van der Waals surface area (Å²) in [6, 6.07) is 8.76. The van der Waals surface area contributed by atoms with Crippen molar-refractivity contribution in [1.82, 2.24) is 9.80 Å². The number of rotatable bonds is 4. The van der Waals surface area contributed by atoms with Crippen molar-refractivity contribution in [2.45, 2.75) is 19.4 Å². The number of piperazine rings is 1. The molecule has 1 aromatic rings. The quantitative estimate of drug-likeness (QED) is 0.542. The Hall–Kier alpha value is -1.70. The van der Waals surface area contributed by atoms with E-state index in [0.717, 1.165) is 24.3 Å². The van der Waals surface area contributed by atoms with Crippen LogP contribution in [-0.4, -0.2) is 64.7 Å². The minimum atomic E-state index is -1.82. The van der Waals surface area contributed by atoms with E-state index in [1.54, 1.807) is 0 Å². The molecule has 3 atom stereocenters. The molecule has 7 heteroatoms. The van der Waals surface area contributed by atoms with Crippen molar-refractivity contribution in [1.29, 1.82) is 0 Å². The molecule has 152 valence electrons. The molecule has 0 amide bonds. The second kappa shape index (κ2) is 9.67. The molecule has 1 heterocycles. The SMILES string of the molecule is Brc1ccc(CN2CCN(CC3CC4C=CC3C4)CC2)cc1.O=C(O)C(=O)O. The lowest BCUT2D eigenvalue weighted by atomic mass is 9.93. The minimum Gasteiger partial charge on any atom is -0.473 e. The highest BCUT2D eigenvalue weighted by molar-refractivity contribution is 9.10. The number of aliphatic carboxylic acids is 2. The molecule has 1 aliphatic heterocycles. The van der Waals surface area contributed by atoms with Crippen LogP contribution in [0.2, 0.25) is 0 Å². The fourth-order valence-corrected chi connectivity index (χ4v) is 4.68. The number of carbonyl (C=O) groups is 2. The Morgan fingerprint density at radius 3 is 2.04 bits per heavy atom. The van der Waals surface area contributed by atoms with Crippen LogP contribution in [0.3, 0.4) is 0 Å². The Morgan fingerprint density at radius 1 is 0.929 bits per heavy atom. The van der Waals surface area contributed by atoms with Gasteiger partial charge in [0.25, 0.3) is 0 Å². The molecule has 3 aliphatic rings. The maximum atomic E-state index is 9.10. The van der Waals surface area contributed by atoms with Crippen molar-refractivity contribution in [3.63, 3.8) is 0 Å². The topological polar surface area (TPSA) is 81.1 Å². The number of halogens is 1. The molecule has 1 saturated carbocycles. The van der Waals surface area contributed by atoms with Crippen LogP contribution in [0.5, 0.6) is 0 Å². The average Bonchev–Trinajstić information content (AvgIpc) is 3.29. The molecule has 2 aliphatic carbocycles. The zero-order chi connectivity index (χ0) is 20.1. The summed E-state index contributed by atoms with van der Waals surface area (Å²) in [7, 11) is 0. The van der Waals surface area contributed by atoms with Gasteiger partial charge in [-0.25, -0.2) is 9.59 Å². The Balaban J connectivity index is 0.000000330. The lowest BCUT2D eigenvalue weighted by Gasteiger charge is -2.37. The van der Waals surface area contributed by atoms with Crippen molar-refractivity contribution in [2.75, 3.05) is 32.7 Å². The number of hydrogen-bond acceptors (Lipinski definition) is 4. The highest BCUT2D eigenvalue weighted by Gasteiger charge is 2.36. The Labute approximate surface area is 174 Å². The number of benzene rings is 1. The minimum absolute atomic E-state index is 0.894. The molecule has 0 radical (unpaired) electrons. The first-order valence-electron chi connectivity index (χ1n) is 9.74. The first kappa shape index (κ1) is 21.0. The Morgan fingerprint density at radius 2 is 1.54 bits per heavy atom. The van der Waals surface area contributed by atoms with Crippen LogP contribution >= 0.6 is 15.9 Å². The van der Waals surface area contributed by atoms with E-state index in [4.69, 9.17) is 19.8 Å². The van der Waals surface area contributed by atoms with E-state index in [1.165, 1.54) is 55.6 Å². The van der Waals surface area contributed by atoms with Gasteiger partial charge in [0.1, 0.15) is 0 Å². The molecule has 2 N–H and O–H groups in total. The smallest absolute Gasteiger partial charge is 0.414 e. The van der Waals surface area contributed by atoms with Crippen molar-refractivity contribution < 1.29 is 19.8 Å². The lowest BCUT2D eigenvalue weighted by Crippen LogP contribution is -2.47. The second-order valence-corrected chi connectivity index (χ2v) is 8.77. The van der Waals surface area contributed by atoms with E-state index in [2.05, 4.69) is 62.1 Å². The molecule has 0 spiro atoms.